The number of nitrogens with zero attached hydrogens (tertiary/aromatic N) is 1. The van der Waals surface area contributed by atoms with Crippen molar-refractivity contribution >= 4 is 33.9 Å². The third-order valence-corrected chi connectivity index (χ3v) is 4.44. The Balaban J connectivity index is 2.17. The lowest BCUT2D eigenvalue weighted by Crippen LogP contribution is -1.96. The summed E-state index contributed by atoms with van der Waals surface area (Å²) in [6.07, 6.45) is 2.12. The third kappa shape index (κ3) is 2.05. The van der Waals surface area contributed by atoms with Crippen LogP contribution in [0, 0.1) is 3.57 Å². The van der Waals surface area contributed by atoms with E-state index in [4.69, 9.17) is 0 Å². The lowest BCUT2D eigenvalue weighted by Gasteiger charge is -2.09. The van der Waals surface area contributed by atoms with E-state index in [1.807, 2.05) is 0 Å². The van der Waals surface area contributed by atoms with Gasteiger partial charge in [0.05, 0.1) is 16.3 Å². The molecule has 1 aromatic carbocycles. The first kappa shape index (κ1) is 11.0. The van der Waals surface area contributed by atoms with E-state index in [0.717, 1.165) is 0 Å². The van der Waals surface area contributed by atoms with Crippen LogP contribution in [-0.2, 0) is 0 Å². The van der Waals surface area contributed by atoms with Gasteiger partial charge in [0.15, 0.2) is 0 Å². The molecule has 2 aromatic heterocycles. The summed E-state index contributed by atoms with van der Waals surface area (Å²) in [5.74, 6) is 0. The molecule has 0 saturated heterocycles. The molecule has 0 aliphatic rings. The normalized spacial score (nSPS) is 10.6. The van der Waals surface area contributed by atoms with Crippen molar-refractivity contribution in [2.24, 2.45) is 0 Å². The summed E-state index contributed by atoms with van der Waals surface area (Å²) < 4.78 is 3.51. The van der Waals surface area contributed by atoms with Gasteiger partial charge in [-0.15, -0.1) is 11.3 Å². The van der Waals surface area contributed by atoms with Gasteiger partial charge in [-0.25, -0.2) is 0 Å². The maximum atomic E-state index is 2.38. The van der Waals surface area contributed by atoms with Crippen molar-refractivity contribution in [2.75, 3.05) is 0 Å². The molecule has 0 spiro atoms. The van der Waals surface area contributed by atoms with Gasteiger partial charge in [0.25, 0.3) is 0 Å². The molecule has 3 heteroatoms. The number of hydrogen-bond donors (Lipinski definition) is 0. The highest BCUT2D eigenvalue weighted by Crippen LogP contribution is 2.29. The molecule has 0 radical (unpaired) electrons. The predicted molar refractivity (Wildman–Crippen MR) is 81.8 cm³/mol. The van der Waals surface area contributed by atoms with Crippen LogP contribution < -0.4 is 0 Å². The Morgan fingerprint density at radius 2 is 1.82 bits per heavy atom. The molecule has 0 saturated carbocycles. The monoisotopic (exact) mass is 351 g/mol. The van der Waals surface area contributed by atoms with E-state index in [1.165, 1.54) is 19.8 Å². The Morgan fingerprint density at radius 1 is 0.941 bits per heavy atom. The second-order valence-electron chi connectivity index (χ2n) is 3.69. The fraction of sp³-hybridized carbons (Fsp3) is 0. The molecule has 0 N–H and O–H groups in total. The Hall–Kier alpha value is -1.07. The summed E-state index contributed by atoms with van der Waals surface area (Å²) in [7, 11) is 0. The quantitative estimate of drug-likeness (QED) is 0.584. The first-order valence-electron chi connectivity index (χ1n) is 5.32. The highest BCUT2D eigenvalue weighted by Gasteiger charge is 2.08. The standard InChI is InChI=1S/C14H10INS/c15-11-5-1-2-6-12(11)16-9-3-7-13(16)14-8-4-10-17-14/h1-10H. The number of hydrogen-bond acceptors (Lipinski definition) is 1. The smallest absolute Gasteiger partial charge is 0.0628 e. The van der Waals surface area contributed by atoms with Crippen LogP contribution >= 0.6 is 33.9 Å². The van der Waals surface area contributed by atoms with E-state index in [-0.39, 0.29) is 0 Å². The summed E-state index contributed by atoms with van der Waals surface area (Å²) >= 11 is 4.15. The maximum absolute atomic E-state index is 2.38. The van der Waals surface area contributed by atoms with Crippen molar-refractivity contribution in [2.45, 2.75) is 0 Å². The average Bonchev–Trinajstić information content (AvgIpc) is 3.00. The maximum Gasteiger partial charge on any atom is 0.0628 e. The van der Waals surface area contributed by atoms with Gasteiger partial charge in [-0.3, -0.25) is 0 Å². The Bertz CT molecular complexity index is 625. The van der Waals surface area contributed by atoms with Gasteiger partial charge in [-0.1, -0.05) is 18.2 Å². The van der Waals surface area contributed by atoms with Gasteiger partial charge in [-0.05, 0) is 58.3 Å². The van der Waals surface area contributed by atoms with Gasteiger partial charge in [0.2, 0.25) is 0 Å². The van der Waals surface area contributed by atoms with Crippen LogP contribution in [0.25, 0.3) is 16.3 Å². The van der Waals surface area contributed by atoms with Gasteiger partial charge >= 0.3 is 0 Å². The zero-order chi connectivity index (χ0) is 11.7. The molecule has 0 fully saturated rings. The van der Waals surface area contributed by atoms with Crippen LogP contribution in [0.3, 0.4) is 0 Å². The molecule has 0 atom stereocenters. The summed E-state index contributed by atoms with van der Waals surface area (Å²) in [6.45, 7) is 0. The fourth-order valence-corrected chi connectivity index (χ4v) is 3.26. The van der Waals surface area contributed by atoms with Gasteiger partial charge < -0.3 is 4.57 Å². The molecule has 17 heavy (non-hydrogen) atoms. The molecular formula is C14H10INS. The lowest BCUT2D eigenvalue weighted by molar-refractivity contribution is 1.08. The second-order valence-corrected chi connectivity index (χ2v) is 5.80. The van der Waals surface area contributed by atoms with Crippen LogP contribution in [0.15, 0.2) is 60.1 Å². The number of rotatable bonds is 2. The summed E-state index contributed by atoms with van der Waals surface area (Å²) in [5, 5.41) is 2.11. The summed E-state index contributed by atoms with van der Waals surface area (Å²) in [5.41, 5.74) is 2.49. The van der Waals surface area contributed by atoms with Crippen molar-refractivity contribution in [3.05, 3.63) is 63.7 Å². The summed E-state index contributed by atoms with van der Waals surface area (Å²) in [6, 6.07) is 16.9. The number of aromatic nitrogens is 1. The van der Waals surface area contributed by atoms with Gasteiger partial charge in [0, 0.05) is 9.77 Å². The second kappa shape index (κ2) is 4.66. The molecule has 0 aliphatic carbocycles. The molecule has 84 valence electrons. The number of para-hydroxylation sites is 1. The largest absolute Gasteiger partial charge is 0.315 e. The SMILES string of the molecule is Ic1ccccc1-n1cccc1-c1cccs1. The lowest BCUT2D eigenvalue weighted by atomic mass is 10.3. The third-order valence-electron chi connectivity index (χ3n) is 2.63. The van der Waals surface area contributed by atoms with E-state index >= 15 is 0 Å². The number of halogens is 1. The highest BCUT2D eigenvalue weighted by molar-refractivity contribution is 14.1. The minimum atomic E-state index is 1.24. The topological polar surface area (TPSA) is 4.93 Å². The van der Waals surface area contributed by atoms with Crippen molar-refractivity contribution in [1.29, 1.82) is 0 Å². The zero-order valence-electron chi connectivity index (χ0n) is 9.01. The van der Waals surface area contributed by atoms with E-state index in [9.17, 15) is 0 Å². The van der Waals surface area contributed by atoms with E-state index in [1.54, 1.807) is 11.3 Å². The van der Waals surface area contributed by atoms with Crippen LogP contribution in [-0.4, -0.2) is 4.57 Å². The fourth-order valence-electron chi connectivity index (χ4n) is 1.86. The zero-order valence-corrected chi connectivity index (χ0v) is 12.0. The minimum absolute atomic E-state index is 1.24. The van der Waals surface area contributed by atoms with Crippen molar-refractivity contribution < 1.29 is 0 Å². The highest BCUT2D eigenvalue weighted by atomic mass is 127. The molecule has 0 aliphatic heterocycles. The molecule has 0 amide bonds. The Morgan fingerprint density at radius 3 is 2.59 bits per heavy atom. The first-order valence-corrected chi connectivity index (χ1v) is 7.28. The van der Waals surface area contributed by atoms with E-state index < -0.39 is 0 Å². The first-order chi connectivity index (χ1) is 8.36. The van der Waals surface area contributed by atoms with Crippen molar-refractivity contribution in [3.8, 4) is 16.3 Å². The Labute approximate surface area is 118 Å². The van der Waals surface area contributed by atoms with Gasteiger partial charge in [0.1, 0.15) is 0 Å². The Kier molecular flexibility index (Phi) is 3.03. The average molecular weight is 351 g/mol. The van der Waals surface area contributed by atoms with Crippen LogP contribution in [0.2, 0.25) is 0 Å². The summed E-state index contributed by atoms with van der Waals surface area (Å²) in [4.78, 5) is 1.30. The number of benzene rings is 1. The van der Waals surface area contributed by atoms with Crippen LogP contribution in [0.4, 0.5) is 0 Å². The minimum Gasteiger partial charge on any atom is -0.315 e. The van der Waals surface area contributed by atoms with Crippen LogP contribution in [0.1, 0.15) is 0 Å². The predicted octanol–water partition coefficient (Wildman–Crippen LogP) is 4.81. The molecule has 3 rings (SSSR count). The molecule has 1 nitrogen and oxygen atoms in total. The number of thiophene rings is 1. The van der Waals surface area contributed by atoms with Crippen molar-refractivity contribution in [3.63, 3.8) is 0 Å². The van der Waals surface area contributed by atoms with Crippen LogP contribution in [0.5, 0.6) is 0 Å². The molecule has 2 heterocycles. The van der Waals surface area contributed by atoms with E-state index in [2.05, 4.69) is 87.3 Å². The molecular weight excluding hydrogens is 341 g/mol. The molecule has 0 bridgehead atoms. The molecule has 0 unspecified atom stereocenters. The molecule has 3 aromatic rings. The van der Waals surface area contributed by atoms with E-state index in [0.29, 0.717) is 0 Å². The van der Waals surface area contributed by atoms with Gasteiger partial charge in [-0.2, -0.15) is 0 Å². The van der Waals surface area contributed by atoms with Crippen molar-refractivity contribution in [1.82, 2.24) is 4.57 Å².